The van der Waals surface area contributed by atoms with Crippen LogP contribution in [0.25, 0.3) is 0 Å². The zero-order valence-electron chi connectivity index (χ0n) is 6.32. The van der Waals surface area contributed by atoms with E-state index >= 15 is 0 Å². The molecule has 0 aliphatic heterocycles. The van der Waals surface area contributed by atoms with Crippen molar-refractivity contribution in [2.24, 2.45) is 0 Å². The van der Waals surface area contributed by atoms with Gasteiger partial charge in [0.05, 0.1) is 0 Å². The van der Waals surface area contributed by atoms with E-state index in [0.29, 0.717) is 0 Å². The van der Waals surface area contributed by atoms with Crippen molar-refractivity contribution in [3.8, 4) is 0 Å². The van der Waals surface area contributed by atoms with Gasteiger partial charge in [-0.15, -0.1) is 0 Å². The molecule has 52 valence electrons. The average molecular weight is 197 g/mol. The molecule has 0 atom stereocenters. The minimum atomic E-state index is 1.12. The Balaban J connectivity index is 3.04. The van der Waals surface area contributed by atoms with Gasteiger partial charge in [-0.3, -0.25) is 0 Å². The van der Waals surface area contributed by atoms with Gasteiger partial charge in [-0.25, -0.2) is 0 Å². The molecule has 0 heterocycles. The lowest BCUT2D eigenvalue weighted by Crippen LogP contribution is -2.04. The van der Waals surface area contributed by atoms with E-state index in [0.717, 1.165) is 6.42 Å². The highest BCUT2D eigenvalue weighted by molar-refractivity contribution is 9.10. The van der Waals surface area contributed by atoms with E-state index in [1.54, 1.807) is 0 Å². The summed E-state index contributed by atoms with van der Waals surface area (Å²) in [6, 6.07) is 6.47. The molecule has 0 aromatic heterocycles. The Morgan fingerprint density at radius 2 is 2.20 bits per heavy atom. The van der Waals surface area contributed by atoms with Crippen molar-refractivity contribution < 1.29 is 0 Å². The highest BCUT2D eigenvalue weighted by Crippen LogP contribution is 2.07. The monoisotopic (exact) mass is 196 g/mol. The number of halogens is 1. The summed E-state index contributed by atoms with van der Waals surface area (Å²) < 4.78 is 1.20. The van der Waals surface area contributed by atoms with Gasteiger partial charge in [0.25, 0.3) is 0 Å². The number of rotatable bonds is 1. The number of hydrogen-bond donors (Lipinski definition) is 0. The fraction of sp³-hybridized carbons (Fsp3) is 0.250. The minimum Gasteiger partial charge on any atom is -0.0748 e. The first-order chi connectivity index (χ1) is 4.74. The molecule has 1 aromatic rings. The zero-order valence-corrected chi connectivity index (χ0v) is 7.90. The van der Waals surface area contributed by atoms with Crippen molar-refractivity contribution in [2.45, 2.75) is 13.3 Å². The van der Waals surface area contributed by atoms with Gasteiger partial charge in [-0.2, -0.15) is 0 Å². The Bertz CT molecular complexity index is 233. The fourth-order valence-corrected chi connectivity index (χ4v) is 1.17. The van der Waals surface area contributed by atoms with E-state index in [4.69, 9.17) is 0 Å². The van der Waals surface area contributed by atoms with Crippen LogP contribution in [0.2, 0.25) is 0 Å². The molecule has 0 saturated carbocycles. The van der Waals surface area contributed by atoms with Crippen LogP contribution in [0, 0.1) is 0 Å². The normalized spacial score (nSPS) is 9.80. The maximum Gasteiger partial charge on any atom is 0.140 e. The average Bonchev–Trinajstić information content (AvgIpc) is 1.95. The van der Waals surface area contributed by atoms with Gasteiger partial charge in [0.1, 0.15) is 7.85 Å². The van der Waals surface area contributed by atoms with E-state index in [1.165, 1.54) is 15.5 Å². The molecule has 1 aromatic carbocycles. The van der Waals surface area contributed by atoms with Crippen LogP contribution in [0.3, 0.4) is 0 Å². The highest BCUT2D eigenvalue weighted by Gasteiger charge is 1.93. The number of hydrogen-bond acceptors (Lipinski definition) is 0. The lowest BCUT2D eigenvalue weighted by atomic mass is 9.94. The largest absolute Gasteiger partial charge is 0.140 e. The van der Waals surface area contributed by atoms with Crippen molar-refractivity contribution >= 4 is 29.2 Å². The Morgan fingerprint density at radius 3 is 2.70 bits per heavy atom. The van der Waals surface area contributed by atoms with Gasteiger partial charge >= 0.3 is 0 Å². The predicted octanol–water partition coefficient (Wildman–Crippen LogP) is 1.27. The molecule has 0 saturated heterocycles. The van der Waals surface area contributed by atoms with Gasteiger partial charge in [0.2, 0.25) is 0 Å². The van der Waals surface area contributed by atoms with Crippen LogP contribution in [0.1, 0.15) is 12.5 Å². The van der Waals surface area contributed by atoms with Crippen molar-refractivity contribution in [3.63, 3.8) is 0 Å². The lowest BCUT2D eigenvalue weighted by Gasteiger charge is -2.00. The van der Waals surface area contributed by atoms with Crippen LogP contribution in [0.15, 0.2) is 22.7 Å². The summed E-state index contributed by atoms with van der Waals surface area (Å²) in [6.07, 6.45) is 1.12. The molecule has 10 heavy (non-hydrogen) atoms. The smallest absolute Gasteiger partial charge is 0.0748 e. The third kappa shape index (κ3) is 1.63. The quantitative estimate of drug-likeness (QED) is 0.594. The molecule has 0 radical (unpaired) electrons. The van der Waals surface area contributed by atoms with Crippen molar-refractivity contribution in [2.75, 3.05) is 0 Å². The SMILES string of the molecule is Bc1cc(CC)ccc1Br. The number of benzene rings is 1. The van der Waals surface area contributed by atoms with Crippen LogP contribution < -0.4 is 5.46 Å². The number of aryl methyl sites for hydroxylation is 1. The molecule has 0 nitrogen and oxygen atoms in total. The first-order valence-electron chi connectivity index (χ1n) is 3.49. The molecule has 1 rings (SSSR count). The minimum absolute atomic E-state index is 1.12. The summed E-state index contributed by atoms with van der Waals surface area (Å²) >= 11 is 3.46. The fourth-order valence-electron chi connectivity index (χ4n) is 0.927. The zero-order chi connectivity index (χ0) is 7.56. The Labute approximate surface area is 71.2 Å². The third-order valence-corrected chi connectivity index (χ3v) is 2.52. The lowest BCUT2D eigenvalue weighted by molar-refractivity contribution is 1.14. The highest BCUT2D eigenvalue weighted by atomic mass is 79.9. The maximum absolute atomic E-state index is 3.46. The Morgan fingerprint density at radius 1 is 1.50 bits per heavy atom. The van der Waals surface area contributed by atoms with Crippen LogP contribution in [0.5, 0.6) is 0 Å². The van der Waals surface area contributed by atoms with E-state index in [2.05, 4.69) is 48.9 Å². The Hall–Kier alpha value is -0.235. The standard InChI is InChI=1S/C8H10BBr/c1-2-6-3-4-8(10)7(9)5-6/h3-5H,2,9H2,1H3. The van der Waals surface area contributed by atoms with E-state index in [9.17, 15) is 0 Å². The van der Waals surface area contributed by atoms with Gasteiger partial charge in [0.15, 0.2) is 0 Å². The molecule has 0 spiro atoms. The van der Waals surface area contributed by atoms with Crippen LogP contribution >= 0.6 is 15.9 Å². The second-order valence-electron chi connectivity index (χ2n) is 2.44. The molecule has 2 heteroatoms. The second-order valence-corrected chi connectivity index (χ2v) is 3.29. The first kappa shape index (κ1) is 7.87. The van der Waals surface area contributed by atoms with E-state index in [1.807, 2.05) is 0 Å². The Kier molecular flexibility index (Phi) is 2.55. The molecular weight excluding hydrogens is 187 g/mol. The summed E-state index contributed by atoms with van der Waals surface area (Å²) in [7, 11) is 2.11. The topological polar surface area (TPSA) is 0 Å². The summed E-state index contributed by atoms with van der Waals surface area (Å²) in [4.78, 5) is 0. The molecule has 0 fully saturated rings. The van der Waals surface area contributed by atoms with Crippen molar-refractivity contribution in [3.05, 3.63) is 28.2 Å². The summed E-state index contributed by atoms with van der Waals surface area (Å²) in [5.41, 5.74) is 2.72. The van der Waals surface area contributed by atoms with Gasteiger partial charge in [-0.1, -0.05) is 40.4 Å². The molecular formula is C8H10BBr. The molecule has 0 amide bonds. The summed E-state index contributed by atoms with van der Waals surface area (Å²) in [6.45, 7) is 2.17. The molecule has 0 aliphatic carbocycles. The van der Waals surface area contributed by atoms with Crippen LogP contribution in [-0.4, -0.2) is 7.85 Å². The summed E-state index contributed by atoms with van der Waals surface area (Å²) in [5.74, 6) is 0. The summed E-state index contributed by atoms with van der Waals surface area (Å²) in [5, 5.41) is 0. The van der Waals surface area contributed by atoms with Gasteiger partial charge < -0.3 is 0 Å². The second kappa shape index (κ2) is 3.24. The van der Waals surface area contributed by atoms with Crippen LogP contribution in [0.4, 0.5) is 0 Å². The molecule has 0 aliphatic rings. The van der Waals surface area contributed by atoms with Gasteiger partial charge in [0, 0.05) is 4.47 Å². The van der Waals surface area contributed by atoms with Crippen LogP contribution in [-0.2, 0) is 6.42 Å². The molecule has 0 N–H and O–H groups in total. The van der Waals surface area contributed by atoms with E-state index < -0.39 is 0 Å². The van der Waals surface area contributed by atoms with Gasteiger partial charge in [-0.05, 0) is 18.1 Å². The van der Waals surface area contributed by atoms with E-state index in [-0.39, 0.29) is 0 Å². The maximum atomic E-state index is 3.46. The first-order valence-corrected chi connectivity index (χ1v) is 4.28. The van der Waals surface area contributed by atoms with Crippen molar-refractivity contribution in [1.29, 1.82) is 0 Å². The molecule has 0 unspecified atom stereocenters. The predicted molar refractivity (Wildman–Crippen MR) is 51.7 cm³/mol. The third-order valence-electron chi connectivity index (χ3n) is 1.63. The molecule has 0 bridgehead atoms. The van der Waals surface area contributed by atoms with Crippen molar-refractivity contribution in [1.82, 2.24) is 0 Å².